The van der Waals surface area contributed by atoms with Crippen LogP contribution in [-0.2, 0) is 38.2 Å². The highest BCUT2D eigenvalue weighted by Gasteiger charge is 2.28. The van der Waals surface area contributed by atoms with E-state index < -0.39 is 9.84 Å². The van der Waals surface area contributed by atoms with Crippen LogP contribution in [0.1, 0.15) is 49.6 Å². The topological polar surface area (TPSA) is 84.7 Å². The van der Waals surface area contributed by atoms with Gasteiger partial charge in [0.25, 0.3) is 0 Å². The van der Waals surface area contributed by atoms with E-state index in [2.05, 4.69) is 30.7 Å². The van der Waals surface area contributed by atoms with Gasteiger partial charge in [-0.3, -0.25) is 9.69 Å². The van der Waals surface area contributed by atoms with Gasteiger partial charge in [0.15, 0.2) is 0 Å². The normalized spacial score (nSPS) is 14.8. The van der Waals surface area contributed by atoms with Gasteiger partial charge in [-0.2, -0.15) is 0 Å². The maximum Gasteiger partial charge on any atom is 0.228 e. The van der Waals surface area contributed by atoms with Crippen LogP contribution in [0.25, 0.3) is 0 Å². The third-order valence-electron chi connectivity index (χ3n) is 7.15. The molecule has 40 heavy (non-hydrogen) atoms. The van der Waals surface area contributed by atoms with Crippen LogP contribution in [0.3, 0.4) is 0 Å². The molecular formula is C31H42N4O4S. The maximum absolute atomic E-state index is 13.7. The van der Waals surface area contributed by atoms with Crippen LogP contribution in [0, 0.1) is 12.3 Å². The van der Waals surface area contributed by atoms with Crippen molar-refractivity contribution < 1.29 is 17.9 Å². The second-order valence-electron chi connectivity index (χ2n) is 11.8. The van der Waals surface area contributed by atoms with E-state index in [0.717, 1.165) is 36.3 Å². The zero-order valence-corrected chi connectivity index (χ0v) is 25.0. The molecule has 0 spiro atoms. The molecule has 1 aliphatic heterocycles. The fourth-order valence-electron chi connectivity index (χ4n) is 4.88. The van der Waals surface area contributed by atoms with Gasteiger partial charge in [-0.1, -0.05) is 75.4 Å². The predicted molar refractivity (Wildman–Crippen MR) is 157 cm³/mol. The van der Waals surface area contributed by atoms with Crippen molar-refractivity contribution in [2.24, 2.45) is 5.41 Å². The van der Waals surface area contributed by atoms with Crippen molar-refractivity contribution in [1.82, 2.24) is 19.4 Å². The number of ether oxygens (including phenoxy) is 1. The predicted octanol–water partition coefficient (Wildman–Crippen LogP) is 4.31. The Hall–Kier alpha value is -3.01. The van der Waals surface area contributed by atoms with Crippen molar-refractivity contribution in [1.29, 1.82) is 0 Å². The van der Waals surface area contributed by atoms with Gasteiger partial charge >= 0.3 is 0 Å². The quantitative estimate of drug-likeness (QED) is 0.344. The van der Waals surface area contributed by atoms with Gasteiger partial charge in [0.05, 0.1) is 43.9 Å². The second-order valence-corrected chi connectivity index (χ2v) is 13.7. The minimum atomic E-state index is -3.75. The van der Waals surface area contributed by atoms with Crippen molar-refractivity contribution in [3.63, 3.8) is 0 Å². The number of aryl methyl sites for hydroxylation is 1. The molecule has 0 saturated carbocycles. The van der Waals surface area contributed by atoms with E-state index in [0.29, 0.717) is 45.0 Å². The van der Waals surface area contributed by atoms with Gasteiger partial charge in [0, 0.05) is 32.6 Å². The van der Waals surface area contributed by atoms with Crippen LogP contribution in [0.5, 0.6) is 0 Å². The summed E-state index contributed by atoms with van der Waals surface area (Å²) in [7, 11) is -3.75. The molecule has 216 valence electrons. The Morgan fingerprint density at radius 1 is 1.02 bits per heavy atom. The summed E-state index contributed by atoms with van der Waals surface area (Å²) in [4.78, 5) is 22.1. The largest absolute Gasteiger partial charge is 0.379 e. The zero-order chi connectivity index (χ0) is 28.8. The van der Waals surface area contributed by atoms with Gasteiger partial charge in [0.1, 0.15) is 0 Å². The first-order chi connectivity index (χ1) is 19.0. The second kappa shape index (κ2) is 13.1. The molecule has 1 aromatic heterocycles. The Morgan fingerprint density at radius 3 is 2.38 bits per heavy atom. The number of amides is 1. The number of nitrogens with zero attached hydrogens (tertiary/aromatic N) is 4. The van der Waals surface area contributed by atoms with E-state index in [-0.39, 0.29) is 22.2 Å². The lowest BCUT2D eigenvalue weighted by Crippen LogP contribution is -2.43. The van der Waals surface area contributed by atoms with Crippen LogP contribution in [0.4, 0.5) is 0 Å². The Morgan fingerprint density at radius 2 is 1.70 bits per heavy atom. The molecule has 0 radical (unpaired) electrons. The first kappa shape index (κ1) is 30.0. The molecule has 2 aromatic carbocycles. The Balaban J connectivity index is 1.66. The molecule has 1 saturated heterocycles. The summed E-state index contributed by atoms with van der Waals surface area (Å²) in [6.45, 7) is 13.1. The molecule has 0 aliphatic carbocycles. The molecule has 1 fully saturated rings. The Bertz CT molecular complexity index is 1370. The third-order valence-corrected chi connectivity index (χ3v) is 8.72. The summed E-state index contributed by atoms with van der Waals surface area (Å²) in [5.41, 5.74) is 3.19. The smallest absolute Gasteiger partial charge is 0.228 e. The summed E-state index contributed by atoms with van der Waals surface area (Å²) in [5.74, 6) is -0.0771. The average Bonchev–Trinajstić information content (AvgIpc) is 3.30. The van der Waals surface area contributed by atoms with Crippen molar-refractivity contribution in [3.05, 3.63) is 83.2 Å². The number of hydrogen-bond donors (Lipinski definition) is 0. The molecule has 0 atom stereocenters. The molecular weight excluding hydrogens is 524 g/mol. The lowest BCUT2D eigenvalue weighted by atomic mass is 9.91. The number of hydrogen-bond acceptors (Lipinski definition) is 6. The summed E-state index contributed by atoms with van der Waals surface area (Å²) in [6, 6.07) is 17.3. The molecule has 0 N–H and O–H groups in total. The van der Waals surface area contributed by atoms with Crippen LogP contribution < -0.4 is 0 Å². The van der Waals surface area contributed by atoms with Crippen molar-refractivity contribution in [2.75, 3.05) is 39.4 Å². The highest BCUT2D eigenvalue weighted by molar-refractivity contribution is 7.90. The van der Waals surface area contributed by atoms with Crippen LogP contribution in [-0.4, -0.2) is 73.1 Å². The van der Waals surface area contributed by atoms with Gasteiger partial charge in [-0.05, 0) is 29.0 Å². The number of benzene rings is 2. The number of aromatic nitrogens is 2. The molecule has 1 aliphatic rings. The first-order valence-electron chi connectivity index (χ1n) is 14.0. The number of rotatable bonds is 11. The standard InChI is InChI=1S/C31H42N4O4S/c1-25-10-8-9-13-27(25)24-40(37,38)30-32-21-28(35(30)22-26-11-6-5-7-12-26)23-34(29(36)20-31(2,3)4)15-14-33-16-18-39-19-17-33/h5-13,21H,14-20,22-24H2,1-4H3. The monoisotopic (exact) mass is 566 g/mol. The van der Waals surface area contributed by atoms with Crippen LogP contribution >= 0.6 is 0 Å². The maximum atomic E-state index is 13.7. The number of carbonyl (C=O) groups is 1. The molecule has 2 heterocycles. The van der Waals surface area contributed by atoms with E-state index in [9.17, 15) is 13.2 Å². The minimum absolute atomic E-state index is 0.0333. The molecule has 4 rings (SSSR count). The van der Waals surface area contributed by atoms with E-state index in [1.807, 2.05) is 66.4 Å². The van der Waals surface area contributed by atoms with Gasteiger partial charge in [0.2, 0.25) is 20.9 Å². The van der Waals surface area contributed by atoms with E-state index in [4.69, 9.17) is 4.74 Å². The Labute approximate surface area is 238 Å². The first-order valence-corrected chi connectivity index (χ1v) is 15.6. The van der Waals surface area contributed by atoms with Gasteiger partial charge in [-0.15, -0.1) is 0 Å². The number of sulfone groups is 1. The molecule has 3 aromatic rings. The summed E-state index contributed by atoms with van der Waals surface area (Å²) in [5, 5.41) is 0.0333. The fraction of sp³-hybridized carbons (Fsp3) is 0.484. The van der Waals surface area contributed by atoms with E-state index in [1.54, 1.807) is 10.8 Å². The van der Waals surface area contributed by atoms with Crippen molar-refractivity contribution >= 4 is 15.7 Å². The minimum Gasteiger partial charge on any atom is -0.379 e. The fourth-order valence-corrected chi connectivity index (χ4v) is 6.48. The summed E-state index contributed by atoms with van der Waals surface area (Å²) >= 11 is 0. The van der Waals surface area contributed by atoms with E-state index in [1.165, 1.54) is 0 Å². The molecule has 8 nitrogen and oxygen atoms in total. The highest BCUT2D eigenvalue weighted by Crippen LogP contribution is 2.24. The number of carbonyl (C=O) groups excluding carboxylic acids is 1. The molecule has 0 bridgehead atoms. The summed E-state index contributed by atoms with van der Waals surface area (Å²) < 4.78 is 34.7. The Kier molecular flexibility index (Phi) is 9.81. The zero-order valence-electron chi connectivity index (χ0n) is 24.2. The van der Waals surface area contributed by atoms with E-state index >= 15 is 0 Å². The van der Waals surface area contributed by atoms with Crippen molar-refractivity contribution in [2.45, 2.75) is 58.1 Å². The third kappa shape index (κ3) is 8.25. The number of imidazole rings is 1. The molecule has 1 amide bonds. The van der Waals surface area contributed by atoms with Crippen LogP contribution in [0.2, 0.25) is 0 Å². The van der Waals surface area contributed by atoms with Gasteiger partial charge < -0.3 is 14.2 Å². The average molecular weight is 567 g/mol. The number of morpholine rings is 1. The SMILES string of the molecule is Cc1ccccc1CS(=O)(=O)c1ncc(CN(CCN2CCOCC2)C(=O)CC(C)(C)C)n1Cc1ccccc1. The summed E-state index contributed by atoms with van der Waals surface area (Å²) in [6.07, 6.45) is 2.03. The lowest BCUT2D eigenvalue weighted by molar-refractivity contribution is -0.134. The van der Waals surface area contributed by atoms with Crippen molar-refractivity contribution in [3.8, 4) is 0 Å². The van der Waals surface area contributed by atoms with Crippen LogP contribution in [0.15, 0.2) is 66.0 Å². The molecule has 0 unspecified atom stereocenters. The molecule has 9 heteroatoms. The lowest BCUT2D eigenvalue weighted by Gasteiger charge is -2.31. The van der Waals surface area contributed by atoms with Gasteiger partial charge in [-0.25, -0.2) is 13.4 Å². The highest BCUT2D eigenvalue weighted by atomic mass is 32.2.